The van der Waals surface area contributed by atoms with Crippen molar-refractivity contribution in [3.05, 3.63) is 59.9 Å². The third-order valence-corrected chi connectivity index (χ3v) is 6.42. The van der Waals surface area contributed by atoms with Crippen molar-refractivity contribution in [2.75, 3.05) is 12.4 Å². The van der Waals surface area contributed by atoms with Crippen LogP contribution in [0, 0.1) is 0 Å². The minimum Gasteiger partial charge on any atom is -0.354 e. The molecule has 1 heterocycles. The summed E-state index contributed by atoms with van der Waals surface area (Å²) in [5.74, 6) is 0.224. The number of nitrogens with one attached hydrogen (secondary N) is 1. The maximum Gasteiger partial charge on any atom is 0.221 e. The van der Waals surface area contributed by atoms with Crippen molar-refractivity contribution in [1.29, 1.82) is 0 Å². The highest BCUT2D eigenvalue weighted by Gasteiger charge is 2.29. The number of alkyl halides is 1. The Bertz CT molecular complexity index is 822. The number of benzene rings is 1. The van der Waals surface area contributed by atoms with Crippen LogP contribution >= 0.6 is 11.6 Å². The summed E-state index contributed by atoms with van der Waals surface area (Å²) in [7, 11) is -3.69. The summed E-state index contributed by atoms with van der Waals surface area (Å²) in [6.07, 6.45) is 3.24. The number of carbonyl (C=O) groups excluding carboxylic acids is 1. The summed E-state index contributed by atoms with van der Waals surface area (Å²) in [5.41, 5.74) is 1.60. The van der Waals surface area contributed by atoms with Gasteiger partial charge in [0, 0.05) is 31.2 Å². The largest absolute Gasteiger partial charge is 0.354 e. The van der Waals surface area contributed by atoms with Crippen molar-refractivity contribution < 1.29 is 13.2 Å². The third-order valence-electron chi connectivity index (χ3n) is 4.11. The molecule has 1 amide bonds. The molecular formula is C19H23ClN2O3S. The number of rotatable bonds is 8. The molecule has 2 rings (SSSR count). The molecule has 0 unspecified atom stereocenters. The van der Waals surface area contributed by atoms with Gasteiger partial charge in [-0.25, -0.2) is 8.42 Å². The molecule has 0 bridgehead atoms. The highest BCUT2D eigenvalue weighted by molar-refractivity contribution is 7.91. The van der Waals surface area contributed by atoms with Gasteiger partial charge in [-0.2, -0.15) is 0 Å². The van der Waals surface area contributed by atoms with Crippen LogP contribution in [-0.4, -0.2) is 31.7 Å². The normalized spacial score (nSPS) is 12.8. The number of carbonyl (C=O) groups is 1. The molecule has 0 aliphatic heterocycles. The first-order valence-electron chi connectivity index (χ1n) is 8.42. The number of halogens is 1. The Hall–Kier alpha value is -1.92. The number of aromatic nitrogens is 1. The van der Waals surface area contributed by atoms with Crippen molar-refractivity contribution >= 4 is 27.3 Å². The first-order chi connectivity index (χ1) is 12.4. The van der Waals surface area contributed by atoms with Crippen LogP contribution in [-0.2, 0) is 14.6 Å². The van der Waals surface area contributed by atoms with E-state index >= 15 is 0 Å². The van der Waals surface area contributed by atoms with Crippen molar-refractivity contribution in [2.45, 2.75) is 36.3 Å². The van der Waals surface area contributed by atoms with Crippen LogP contribution in [0.2, 0.25) is 0 Å². The number of amides is 1. The maximum absolute atomic E-state index is 13.2. The van der Waals surface area contributed by atoms with E-state index in [0.717, 1.165) is 5.56 Å². The first-order valence-corrected chi connectivity index (χ1v) is 10.5. The molecule has 0 spiro atoms. The van der Waals surface area contributed by atoms with Crippen LogP contribution in [0.4, 0.5) is 0 Å². The zero-order valence-corrected chi connectivity index (χ0v) is 16.4. The average molecular weight is 395 g/mol. The summed E-state index contributed by atoms with van der Waals surface area (Å²) >= 11 is 5.57. The summed E-state index contributed by atoms with van der Waals surface area (Å²) in [5, 5.41) is 1.74. The van der Waals surface area contributed by atoms with Gasteiger partial charge < -0.3 is 5.32 Å². The molecule has 0 radical (unpaired) electrons. The Morgan fingerprint density at radius 2 is 1.85 bits per heavy atom. The van der Waals surface area contributed by atoms with Crippen LogP contribution < -0.4 is 5.32 Å². The van der Waals surface area contributed by atoms with Gasteiger partial charge in [-0.05, 0) is 35.2 Å². The standard InChI is InChI=1S/C19H23ClN2O3S/c1-14(2)15-5-7-17(8-6-15)26(24,25)18(13-22-19(23)9-10-20)16-4-3-11-21-12-16/h3-8,11-12,14,18H,9-10,13H2,1-2H3,(H,22,23)/t18-/m0/s1. The molecular weight excluding hydrogens is 372 g/mol. The Morgan fingerprint density at radius 3 is 2.38 bits per heavy atom. The summed E-state index contributed by atoms with van der Waals surface area (Å²) in [4.78, 5) is 16.0. The van der Waals surface area contributed by atoms with E-state index in [4.69, 9.17) is 11.6 Å². The lowest BCUT2D eigenvalue weighted by Crippen LogP contribution is -2.32. The van der Waals surface area contributed by atoms with Gasteiger partial charge in [0.1, 0.15) is 5.25 Å². The molecule has 1 aromatic carbocycles. The monoisotopic (exact) mass is 394 g/mol. The van der Waals surface area contributed by atoms with E-state index in [2.05, 4.69) is 10.3 Å². The number of pyridine rings is 1. The fourth-order valence-electron chi connectivity index (χ4n) is 2.56. The minimum atomic E-state index is -3.69. The van der Waals surface area contributed by atoms with Crippen molar-refractivity contribution in [1.82, 2.24) is 10.3 Å². The molecule has 0 saturated heterocycles. The fraction of sp³-hybridized carbons (Fsp3) is 0.368. The molecule has 1 N–H and O–H groups in total. The molecule has 5 nitrogen and oxygen atoms in total. The number of sulfone groups is 1. The molecule has 0 saturated carbocycles. The van der Waals surface area contributed by atoms with Gasteiger partial charge in [-0.15, -0.1) is 11.6 Å². The zero-order chi connectivity index (χ0) is 19.2. The average Bonchev–Trinajstić information content (AvgIpc) is 2.63. The zero-order valence-electron chi connectivity index (χ0n) is 14.9. The number of nitrogens with zero attached hydrogens (tertiary/aromatic N) is 1. The first kappa shape index (κ1) is 20.4. The molecule has 0 aliphatic carbocycles. The van der Waals surface area contributed by atoms with E-state index in [-0.39, 0.29) is 29.6 Å². The second kappa shape index (κ2) is 9.14. The maximum atomic E-state index is 13.2. The summed E-state index contributed by atoms with van der Waals surface area (Å²) in [6.45, 7) is 4.07. The van der Waals surface area contributed by atoms with Gasteiger partial charge >= 0.3 is 0 Å². The van der Waals surface area contributed by atoms with Crippen molar-refractivity contribution in [3.8, 4) is 0 Å². The van der Waals surface area contributed by atoms with Crippen LogP contribution in [0.3, 0.4) is 0 Å². The lowest BCUT2D eigenvalue weighted by molar-refractivity contribution is -0.120. The number of hydrogen-bond acceptors (Lipinski definition) is 4. The van der Waals surface area contributed by atoms with Crippen LogP contribution in [0.5, 0.6) is 0 Å². The Morgan fingerprint density at radius 1 is 1.15 bits per heavy atom. The highest BCUT2D eigenvalue weighted by atomic mass is 35.5. The van der Waals surface area contributed by atoms with Gasteiger partial charge in [0.15, 0.2) is 9.84 Å². The molecule has 2 aromatic rings. The molecule has 0 fully saturated rings. The van der Waals surface area contributed by atoms with Gasteiger partial charge in [0.25, 0.3) is 0 Å². The lowest BCUT2D eigenvalue weighted by atomic mass is 10.0. The predicted molar refractivity (Wildman–Crippen MR) is 103 cm³/mol. The molecule has 0 aliphatic rings. The van der Waals surface area contributed by atoms with E-state index in [0.29, 0.717) is 11.5 Å². The molecule has 140 valence electrons. The summed E-state index contributed by atoms with van der Waals surface area (Å²) < 4.78 is 26.4. The molecule has 26 heavy (non-hydrogen) atoms. The highest BCUT2D eigenvalue weighted by Crippen LogP contribution is 2.29. The second-order valence-corrected chi connectivity index (χ2v) is 8.80. The van der Waals surface area contributed by atoms with E-state index in [1.54, 1.807) is 30.5 Å². The van der Waals surface area contributed by atoms with Crippen LogP contribution in [0.1, 0.15) is 42.6 Å². The molecule has 1 atom stereocenters. The van der Waals surface area contributed by atoms with Crippen LogP contribution in [0.25, 0.3) is 0 Å². The molecule has 1 aromatic heterocycles. The van der Waals surface area contributed by atoms with E-state index < -0.39 is 15.1 Å². The topological polar surface area (TPSA) is 76.1 Å². The quantitative estimate of drug-likeness (QED) is 0.695. The van der Waals surface area contributed by atoms with E-state index in [1.165, 1.54) is 6.20 Å². The summed E-state index contributed by atoms with van der Waals surface area (Å²) in [6, 6.07) is 10.3. The van der Waals surface area contributed by atoms with E-state index in [1.807, 2.05) is 26.0 Å². The molecule has 7 heteroatoms. The smallest absolute Gasteiger partial charge is 0.221 e. The van der Waals surface area contributed by atoms with Gasteiger partial charge in [0.05, 0.1) is 4.90 Å². The SMILES string of the molecule is CC(C)c1ccc(S(=O)(=O)[C@@H](CNC(=O)CCCl)c2cccnc2)cc1. The van der Waals surface area contributed by atoms with Crippen molar-refractivity contribution in [2.24, 2.45) is 0 Å². The Kier molecular flexibility index (Phi) is 7.17. The van der Waals surface area contributed by atoms with Gasteiger partial charge in [-0.1, -0.05) is 32.0 Å². The Labute approximate surface area is 159 Å². The second-order valence-electron chi connectivity index (χ2n) is 6.29. The fourth-order valence-corrected chi connectivity index (χ4v) is 4.38. The minimum absolute atomic E-state index is 0.0321. The predicted octanol–water partition coefficient (Wildman–Crippen LogP) is 3.47. The van der Waals surface area contributed by atoms with Gasteiger partial charge in [-0.3, -0.25) is 9.78 Å². The van der Waals surface area contributed by atoms with Crippen molar-refractivity contribution in [3.63, 3.8) is 0 Å². The van der Waals surface area contributed by atoms with E-state index in [9.17, 15) is 13.2 Å². The number of hydrogen-bond donors (Lipinski definition) is 1. The third kappa shape index (κ3) is 5.05. The van der Waals surface area contributed by atoms with Crippen LogP contribution in [0.15, 0.2) is 53.7 Å². The Balaban J connectivity index is 2.34. The lowest BCUT2D eigenvalue weighted by Gasteiger charge is -2.19. The van der Waals surface area contributed by atoms with Gasteiger partial charge in [0.2, 0.25) is 5.91 Å².